The molecule has 0 aliphatic carbocycles. The number of piperazine rings is 1. The first kappa shape index (κ1) is 27.5. The summed E-state index contributed by atoms with van der Waals surface area (Å²) < 4.78 is 31.8. The first-order valence-corrected chi connectivity index (χ1v) is 11.7. The Morgan fingerprint density at radius 3 is 2.48 bits per heavy atom. The van der Waals surface area contributed by atoms with Crippen molar-refractivity contribution in [1.82, 2.24) is 24.8 Å². The number of halogens is 1. The van der Waals surface area contributed by atoms with Gasteiger partial charge in [0.1, 0.15) is 0 Å². The minimum atomic E-state index is -3.32. The summed E-state index contributed by atoms with van der Waals surface area (Å²) in [6.07, 6.45) is 3.15. The first-order chi connectivity index (χ1) is 14.3. The molecule has 10 nitrogen and oxygen atoms in total. The molecule has 0 bridgehead atoms. The van der Waals surface area contributed by atoms with E-state index in [1.54, 1.807) is 25.4 Å². The van der Waals surface area contributed by atoms with Gasteiger partial charge in [-0.05, 0) is 26.0 Å². The van der Waals surface area contributed by atoms with Crippen molar-refractivity contribution in [2.75, 3.05) is 58.7 Å². The van der Waals surface area contributed by atoms with Crippen LogP contribution in [0.2, 0.25) is 0 Å². The number of rotatable bonds is 9. The van der Waals surface area contributed by atoms with Crippen molar-refractivity contribution in [2.45, 2.75) is 20.0 Å². The molecule has 176 valence electrons. The monoisotopic (exact) mass is 568 g/mol. The van der Waals surface area contributed by atoms with E-state index in [9.17, 15) is 13.2 Å². The van der Waals surface area contributed by atoms with Crippen molar-refractivity contribution in [3.63, 3.8) is 0 Å². The Hall–Kier alpha value is -1.51. The van der Waals surface area contributed by atoms with Gasteiger partial charge < -0.3 is 20.3 Å². The average Bonchev–Trinajstić information content (AvgIpc) is 2.74. The van der Waals surface area contributed by atoms with E-state index >= 15 is 0 Å². The molecule has 0 spiro atoms. The maximum atomic E-state index is 12.4. The molecular weight excluding hydrogens is 535 g/mol. The zero-order chi connectivity index (χ0) is 22.0. The van der Waals surface area contributed by atoms with Gasteiger partial charge in [-0.1, -0.05) is 0 Å². The summed E-state index contributed by atoms with van der Waals surface area (Å²) in [4.78, 5) is 22.2. The predicted octanol–water partition coefficient (Wildman–Crippen LogP) is 0.377. The number of nitrogens with one attached hydrogen (secondary N) is 2. The van der Waals surface area contributed by atoms with Crippen molar-refractivity contribution in [1.29, 1.82) is 0 Å². The summed E-state index contributed by atoms with van der Waals surface area (Å²) in [6.45, 7) is 6.81. The van der Waals surface area contributed by atoms with E-state index in [-0.39, 0.29) is 48.3 Å². The van der Waals surface area contributed by atoms with Gasteiger partial charge in [0.25, 0.3) is 5.91 Å². The van der Waals surface area contributed by atoms with Gasteiger partial charge in [-0.2, -0.15) is 4.31 Å². The third-order valence-electron chi connectivity index (χ3n) is 4.55. The van der Waals surface area contributed by atoms with Gasteiger partial charge in [0.05, 0.1) is 24.0 Å². The number of sulfonamides is 1. The van der Waals surface area contributed by atoms with E-state index in [4.69, 9.17) is 4.74 Å². The van der Waals surface area contributed by atoms with Crippen LogP contribution in [0.5, 0.6) is 0 Å². The van der Waals surface area contributed by atoms with E-state index in [0.29, 0.717) is 50.8 Å². The highest BCUT2D eigenvalue weighted by Gasteiger charge is 2.27. The highest BCUT2D eigenvalue weighted by Crippen LogP contribution is 2.09. The second-order valence-electron chi connectivity index (χ2n) is 7.09. The van der Waals surface area contributed by atoms with Crippen molar-refractivity contribution >= 4 is 45.9 Å². The molecular formula is C19H33IN6O4S. The summed E-state index contributed by atoms with van der Waals surface area (Å²) >= 11 is 0. The quantitative estimate of drug-likeness (QED) is 0.192. The number of aliphatic imine (C=N–C) groups is 1. The lowest BCUT2D eigenvalue weighted by Crippen LogP contribution is -2.54. The van der Waals surface area contributed by atoms with Crippen LogP contribution in [-0.2, 0) is 14.8 Å². The van der Waals surface area contributed by atoms with Gasteiger partial charge in [0.15, 0.2) is 5.96 Å². The summed E-state index contributed by atoms with van der Waals surface area (Å²) in [5, 5.41) is 6.03. The molecule has 0 aromatic carbocycles. The maximum Gasteiger partial charge on any atom is 0.252 e. The van der Waals surface area contributed by atoms with Crippen LogP contribution >= 0.6 is 24.0 Å². The molecule has 0 unspecified atom stereocenters. The molecule has 0 saturated carbocycles. The Bertz CT molecular complexity index is 799. The van der Waals surface area contributed by atoms with Gasteiger partial charge in [-0.15, -0.1) is 24.0 Å². The van der Waals surface area contributed by atoms with Crippen LogP contribution in [0.3, 0.4) is 0 Å². The molecule has 1 aliphatic heterocycles. The summed E-state index contributed by atoms with van der Waals surface area (Å²) in [7, 11) is -1.64. The van der Waals surface area contributed by atoms with Crippen molar-refractivity contribution in [3.8, 4) is 0 Å². The number of carbonyl (C=O) groups is 1. The smallest absolute Gasteiger partial charge is 0.252 e. The van der Waals surface area contributed by atoms with Crippen LogP contribution in [0.15, 0.2) is 29.5 Å². The number of pyridine rings is 1. The summed E-state index contributed by atoms with van der Waals surface area (Å²) in [5.74, 6) is 0.500. The SMILES string of the molecule is CN=C(NCCNC(=O)c1cccnc1)N1CCN(S(=O)(=O)CCOC(C)C)CC1.I. The third kappa shape index (κ3) is 9.25. The predicted molar refractivity (Wildman–Crippen MR) is 131 cm³/mol. The minimum Gasteiger partial charge on any atom is -0.378 e. The Morgan fingerprint density at radius 1 is 1.23 bits per heavy atom. The second kappa shape index (κ2) is 13.8. The molecule has 2 heterocycles. The highest BCUT2D eigenvalue weighted by atomic mass is 127. The lowest BCUT2D eigenvalue weighted by Gasteiger charge is -2.35. The minimum absolute atomic E-state index is 0. The molecule has 1 aliphatic rings. The van der Waals surface area contributed by atoms with E-state index in [0.717, 1.165) is 0 Å². The van der Waals surface area contributed by atoms with Crippen molar-refractivity contribution in [3.05, 3.63) is 30.1 Å². The van der Waals surface area contributed by atoms with Gasteiger partial charge in [-0.3, -0.25) is 14.8 Å². The number of aromatic nitrogens is 1. The fourth-order valence-corrected chi connectivity index (χ4v) is 4.26. The molecule has 1 fully saturated rings. The zero-order valence-corrected chi connectivity index (χ0v) is 21.4. The number of hydrogen-bond donors (Lipinski definition) is 2. The Labute approximate surface area is 201 Å². The fraction of sp³-hybridized carbons (Fsp3) is 0.632. The number of guanidine groups is 1. The molecule has 1 aromatic rings. The summed E-state index contributed by atoms with van der Waals surface area (Å²) in [6, 6.07) is 3.42. The van der Waals surface area contributed by atoms with Crippen molar-refractivity contribution < 1.29 is 17.9 Å². The molecule has 1 amide bonds. The number of amides is 1. The topological polar surface area (TPSA) is 116 Å². The molecule has 0 radical (unpaired) electrons. The second-order valence-corrected chi connectivity index (χ2v) is 9.18. The Kier molecular flexibility index (Phi) is 12.3. The number of ether oxygens (including phenoxy) is 1. The van der Waals surface area contributed by atoms with Gasteiger partial charge in [-0.25, -0.2) is 8.42 Å². The largest absolute Gasteiger partial charge is 0.378 e. The van der Waals surface area contributed by atoms with E-state index in [2.05, 4.69) is 20.6 Å². The zero-order valence-electron chi connectivity index (χ0n) is 18.3. The number of carbonyl (C=O) groups excluding carboxylic acids is 1. The Balaban J connectivity index is 0.00000480. The lowest BCUT2D eigenvalue weighted by atomic mass is 10.3. The van der Waals surface area contributed by atoms with Gasteiger partial charge >= 0.3 is 0 Å². The average molecular weight is 568 g/mol. The molecule has 31 heavy (non-hydrogen) atoms. The van der Waals surface area contributed by atoms with Gasteiger partial charge in [0, 0.05) is 58.7 Å². The molecule has 1 saturated heterocycles. The molecule has 1 aromatic heterocycles. The standard InChI is InChI=1S/C19H32N6O4S.HI/c1-16(2)29-13-14-30(27,28)25-11-9-24(10-12-25)19(20-3)23-8-7-22-18(26)17-5-4-6-21-15-17;/h4-6,15-16H,7-14H2,1-3H3,(H,20,23)(H,22,26);1H. The normalized spacial score (nSPS) is 15.5. The Morgan fingerprint density at radius 2 is 1.90 bits per heavy atom. The third-order valence-corrected chi connectivity index (χ3v) is 6.39. The molecule has 0 atom stereocenters. The first-order valence-electron chi connectivity index (χ1n) is 10.1. The number of nitrogens with zero attached hydrogens (tertiary/aromatic N) is 4. The van der Waals surface area contributed by atoms with Crippen LogP contribution in [0.1, 0.15) is 24.2 Å². The van der Waals surface area contributed by atoms with Crippen LogP contribution in [0, 0.1) is 0 Å². The molecule has 2 N–H and O–H groups in total. The van der Waals surface area contributed by atoms with Crippen LogP contribution in [-0.4, -0.2) is 99.3 Å². The van der Waals surface area contributed by atoms with E-state index in [1.165, 1.54) is 10.5 Å². The summed E-state index contributed by atoms with van der Waals surface area (Å²) in [5.41, 5.74) is 0.512. The molecule has 12 heteroatoms. The number of hydrogen-bond acceptors (Lipinski definition) is 6. The lowest BCUT2D eigenvalue weighted by molar-refractivity contribution is 0.0904. The fourth-order valence-electron chi connectivity index (χ4n) is 2.98. The van der Waals surface area contributed by atoms with Crippen molar-refractivity contribution in [2.24, 2.45) is 4.99 Å². The molecule has 2 rings (SSSR count). The van der Waals surface area contributed by atoms with E-state index < -0.39 is 10.0 Å². The van der Waals surface area contributed by atoms with Gasteiger partial charge in [0.2, 0.25) is 10.0 Å². The van der Waals surface area contributed by atoms with Crippen LogP contribution < -0.4 is 10.6 Å². The van der Waals surface area contributed by atoms with Crippen LogP contribution in [0.4, 0.5) is 0 Å². The van der Waals surface area contributed by atoms with E-state index in [1.807, 2.05) is 18.7 Å². The van der Waals surface area contributed by atoms with Crippen LogP contribution in [0.25, 0.3) is 0 Å². The maximum absolute atomic E-state index is 12.4. The highest BCUT2D eigenvalue weighted by molar-refractivity contribution is 14.0.